The van der Waals surface area contributed by atoms with E-state index in [9.17, 15) is 13.2 Å². The zero-order chi connectivity index (χ0) is 17.4. The molecule has 0 amide bonds. The van der Waals surface area contributed by atoms with Gasteiger partial charge in [0.1, 0.15) is 5.75 Å². The van der Waals surface area contributed by atoms with Crippen LogP contribution in [-0.2, 0) is 9.47 Å². The summed E-state index contributed by atoms with van der Waals surface area (Å²) in [7, 11) is 3.17. The summed E-state index contributed by atoms with van der Waals surface area (Å²) in [6.07, 6.45) is -1.75. The van der Waals surface area contributed by atoms with Crippen molar-refractivity contribution in [1.29, 1.82) is 0 Å². The molecule has 2 aromatic rings. The van der Waals surface area contributed by atoms with Gasteiger partial charge in [0, 0.05) is 39.0 Å². The largest absolute Gasteiger partial charge is 0.573 e. The van der Waals surface area contributed by atoms with Crippen molar-refractivity contribution in [3.8, 4) is 11.4 Å². The van der Waals surface area contributed by atoms with Gasteiger partial charge in [0.25, 0.3) is 0 Å². The van der Waals surface area contributed by atoms with Crippen molar-refractivity contribution >= 4 is 0 Å². The molecular formula is C15H16F3N3O3. The number of halogens is 3. The predicted molar refractivity (Wildman–Crippen MR) is 76.8 cm³/mol. The van der Waals surface area contributed by atoms with E-state index in [0.717, 1.165) is 5.69 Å². The Morgan fingerprint density at radius 2 is 1.92 bits per heavy atom. The van der Waals surface area contributed by atoms with Crippen molar-refractivity contribution in [3.05, 3.63) is 36.2 Å². The van der Waals surface area contributed by atoms with E-state index in [1.807, 2.05) is 0 Å². The fourth-order valence-corrected chi connectivity index (χ4v) is 2.73. The Labute approximate surface area is 136 Å². The Morgan fingerprint density at radius 1 is 1.21 bits per heavy atom. The summed E-state index contributed by atoms with van der Waals surface area (Å²) in [4.78, 5) is 0. The predicted octanol–water partition coefficient (Wildman–Crippen LogP) is 3.03. The van der Waals surface area contributed by atoms with Crippen LogP contribution in [0.4, 0.5) is 13.2 Å². The third-order valence-electron chi connectivity index (χ3n) is 4.10. The van der Waals surface area contributed by atoms with Crippen LogP contribution in [0.2, 0.25) is 0 Å². The van der Waals surface area contributed by atoms with Crippen molar-refractivity contribution < 1.29 is 27.4 Å². The Balaban J connectivity index is 1.74. The summed E-state index contributed by atoms with van der Waals surface area (Å²) in [6, 6.07) is 5.56. The average molecular weight is 343 g/mol. The number of methoxy groups -OCH3 is 2. The minimum absolute atomic E-state index is 0.133. The van der Waals surface area contributed by atoms with E-state index in [2.05, 4.69) is 15.0 Å². The quantitative estimate of drug-likeness (QED) is 0.781. The lowest BCUT2D eigenvalue weighted by molar-refractivity contribution is -0.274. The number of nitrogens with zero attached hydrogens (tertiary/aromatic N) is 3. The Bertz CT molecular complexity index is 705. The number of hydrogen-bond donors (Lipinski definition) is 0. The molecular weight excluding hydrogens is 327 g/mol. The van der Waals surface area contributed by atoms with E-state index in [-0.39, 0.29) is 11.7 Å². The number of hydrogen-bond acceptors (Lipinski definition) is 5. The fraction of sp³-hybridized carbons (Fsp3) is 0.467. The maximum atomic E-state index is 12.3. The van der Waals surface area contributed by atoms with Crippen molar-refractivity contribution in [3.63, 3.8) is 0 Å². The van der Waals surface area contributed by atoms with Gasteiger partial charge in [-0.05, 0) is 12.1 Å². The van der Waals surface area contributed by atoms with Gasteiger partial charge in [0.15, 0.2) is 5.79 Å². The zero-order valence-electron chi connectivity index (χ0n) is 13.1. The molecule has 1 aliphatic carbocycles. The molecule has 0 radical (unpaired) electrons. The lowest BCUT2D eigenvalue weighted by Gasteiger charge is -2.44. The second-order valence-corrected chi connectivity index (χ2v) is 5.56. The molecule has 0 atom stereocenters. The van der Waals surface area contributed by atoms with E-state index < -0.39 is 12.1 Å². The van der Waals surface area contributed by atoms with Crippen molar-refractivity contribution in [2.45, 2.75) is 30.9 Å². The Hall–Kier alpha value is -2.13. The van der Waals surface area contributed by atoms with Crippen molar-refractivity contribution in [2.24, 2.45) is 0 Å². The number of aromatic nitrogens is 3. The van der Waals surface area contributed by atoms with Gasteiger partial charge in [-0.3, -0.25) is 0 Å². The SMILES string of the molecule is COC1(OC)CC(c2cn(-c3cccc(OC(F)(F)F)c3)nn2)C1. The van der Waals surface area contributed by atoms with Gasteiger partial charge >= 0.3 is 6.36 Å². The lowest BCUT2D eigenvalue weighted by Crippen LogP contribution is -2.46. The van der Waals surface area contributed by atoms with Crippen molar-refractivity contribution in [1.82, 2.24) is 15.0 Å². The van der Waals surface area contributed by atoms with Crippen LogP contribution in [-0.4, -0.2) is 41.4 Å². The maximum Gasteiger partial charge on any atom is 0.573 e. The molecule has 0 spiro atoms. The van der Waals surface area contributed by atoms with Gasteiger partial charge in [-0.15, -0.1) is 18.3 Å². The first-order chi connectivity index (χ1) is 11.3. The van der Waals surface area contributed by atoms with Crippen LogP contribution in [0.1, 0.15) is 24.5 Å². The molecule has 0 N–H and O–H groups in total. The first-order valence-electron chi connectivity index (χ1n) is 7.23. The van der Waals surface area contributed by atoms with Crippen LogP contribution in [0.5, 0.6) is 5.75 Å². The van der Waals surface area contributed by atoms with Gasteiger partial charge in [-0.1, -0.05) is 11.3 Å². The smallest absolute Gasteiger partial charge is 0.406 e. The number of ether oxygens (including phenoxy) is 3. The molecule has 1 fully saturated rings. The van der Waals surface area contributed by atoms with E-state index in [1.165, 1.54) is 22.9 Å². The minimum atomic E-state index is -4.73. The van der Waals surface area contributed by atoms with Crippen LogP contribution in [0.3, 0.4) is 0 Å². The highest BCUT2D eigenvalue weighted by Gasteiger charge is 2.46. The van der Waals surface area contributed by atoms with Crippen LogP contribution in [0, 0.1) is 0 Å². The standard InChI is InChI=1S/C15H16F3N3O3/c1-22-14(23-2)7-10(8-14)13-9-21(20-19-13)11-4-3-5-12(6-11)24-15(16,17)18/h3-6,9-10H,7-8H2,1-2H3. The van der Waals surface area contributed by atoms with Gasteiger partial charge in [0.2, 0.25) is 0 Å². The summed E-state index contributed by atoms with van der Waals surface area (Å²) in [5.74, 6) is -0.763. The summed E-state index contributed by atoms with van der Waals surface area (Å²) in [5, 5.41) is 8.07. The van der Waals surface area contributed by atoms with Crippen LogP contribution in [0.15, 0.2) is 30.5 Å². The van der Waals surface area contributed by atoms with Gasteiger partial charge in [0.05, 0.1) is 17.6 Å². The number of benzene rings is 1. The van der Waals surface area contributed by atoms with E-state index >= 15 is 0 Å². The molecule has 1 heterocycles. The molecule has 0 aliphatic heterocycles. The maximum absolute atomic E-state index is 12.3. The van der Waals surface area contributed by atoms with Gasteiger partial charge in [-0.2, -0.15) is 0 Å². The molecule has 9 heteroatoms. The molecule has 1 saturated carbocycles. The third-order valence-corrected chi connectivity index (χ3v) is 4.10. The van der Waals surface area contributed by atoms with Crippen molar-refractivity contribution in [2.75, 3.05) is 14.2 Å². The Morgan fingerprint density at radius 3 is 2.54 bits per heavy atom. The van der Waals surface area contributed by atoms with Crippen LogP contribution in [0.25, 0.3) is 5.69 Å². The van der Waals surface area contributed by atoms with E-state index in [4.69, 9.17) is 9.47 Å². The summed E-state index contributed by atoms with van der Waals surface area (Å²) < 4.78 is 52.9. The molecule has 6 nitrogen and oxygen atoms in total. The second kappa shape index (κ2) is 6.06. The summed E-state index contributed by atoms with van der Waals surface area (Å²) >= 11 is 0. The van der Waals surface area contributed by atoms with Crippen LogP contribution >= 0.6 is 0 Å². The zero-order valence-corrected chi connectivity index (χ0v) is 13.1. The van der Waals surface area contributed by atoms with Gasteiger partial charge in [-0.25, -0.2) is 4.68 Å². The highest BCUT2D eigenvalue weighted by atomic mass is 19.4. The molecule has 0 unspecified atom stereocenters. The summed E-state index contributed by atoms with van der Waals surface area (Å²) in [5.41, 5.74) is 1.17. The van der Waals surface area contributed by atoms with Gasteiger partial charge < -0.3 is 14.2 Å². The molecule has 1 aliphatic rings. The molecule has 1 aromatic carbocycles. The van der Waals surface area contributed by atoms with E-state index in [0.29, 0.717) is 18.5 Å². The molecule has 0 saturated heterocycles. The number of alkyl halides is 3. The molecule has 24 heavy (non-hydrogen) atoms. The normalized spacial score (nSPS) is 17.5. The first-order valence-corrected chi connectivity index (χ1v) is 7.23. The molecule has 130 valence electrons. The second-order valence-electron chi connectivity index (χ2n) is 5.56. The highest BCUT2D eigenvalue weighted by molar-refractivity contribution is 5.38. The average Bonchev–Trinajstić information content (AvgIpc) is 2.95. The first kappa shape index (κ1) is 16.7. The van der Waals surface area contributed by atoms with E-state index in [1.54, 1.807) is 26.5 Å². The number of rotatable bonds is 5. The fourth-order valence-electron chi connectivity index (χ4n) is 2.73. The Kier molecular flexibility index (Phi) is 4.22. The van der Waals surface area contributed by atoms with Crippen LogP contribution < -0.4 is 4.74 Å². The lowest BCUT2D eigenvalue weighted by atomic mass is 9.77. The summed E-state index contributed by atoms with van der Waals surface area (Å²) in [6.45, 7) is 0. The molecule has 1 aromatic heterocycles. The third kappa shape index (κ3) is 3.36. The molecule has 3 rings (SSSR count). The highest BCUT2D eigenvalue weighted by Crippen LogP contribution is 2.46. The minimum Gasteiger partial charge on any atom is -0.406 e. The monoisotopic (exact) mass is 343 g/mol. The topological polar surface area (TPSA) is 58.4 Å². The molecule has 0 bridgehead atoms.